The van der Waals surface area contributed by atoms with E-state index in [1.807, 2.05) is 6.07 Å². The van der Waals surface area contributed by atoms with Crippen LogP contribution in [0.15, 0.2) is 18.2 Å². The SMILES string of the molecule is CONc1cccc(OC)c1Cl. The molecule has 0 amide bonds. The van der Waals surface area contributed by atoms with Gasteiger partial charge in [0.15, 0.2) is 0 Å². The van der Waals surface area contributed by atoms with Gasteiger partial charge in [-0.25, -0.2) is 0 Å². The zero-order chi connectivity index (χ0) is 8.97. The minimum Gasteiger partial charge on any atom is -0.495 e. The number of ether oxygens (including phenoxy) is 1. The zero-order valence-corrected chi connectivity index (χ0v) is 7.68. The molecule has 0 aromatic heterocycles. The molecule has 0 heterocycles. The molecule has 0 atom stereocenters. The van der Waals surface area contributed by atoms with E-state index in [2.05, 4.69) is 5.48 Å². The summed E-state index contributed by atoms with van der Waals surface area (Å²) >= 11 is 5.92. The van der Waals surface area contributed by atoms with Crippen LogP contribution in [-0.4, -0.2) is 14.2 Å². The van der Waals surface area contributed by atoms with Crippen molar-refractivity contribution in [3.63, 3.8) is 0 Å². The Morgan fingerprint density at radius 1 is 1.33 bits per heavy atom. The number of hydrogen-bond acceptors (Lipinski definition) is 3. The third-order valence-electron chi connectivity index (χ3n) is 1.40. The summed E-state index contributed by atoms with van der Waals surface area (Å²) in [5.41, 5.74) is 3.33. The molecule has 0 aliphatic heterocycles. The van der Waals surface area contributed by atoms with E-state index in [-0.39, 0.29) is 0 Å². The molecule has 0 aliphatic rings. The van der Waals surface area contributed by atoms with Crippen molar-refractivity contribution in [1.29, 1.82) is 0 Å². The molecule has 1 aromatic carbocycles. The average molecular weight is 188 g/mol. The molecular weight excluding hydrogens is 178 g/mol. The lowest BCUT2D eigenvalue weighted by Gasteiger charge is -2.08. The predicted molar refractivity (Wildman–Crippen MR) is 48.6 cm³/mol. The molecule has 12 heavy (non-hydrogen) atoms. The summed E-state index contributed by atoms with van der Waals surface area (Å²) in [5.74, 6) is 0.624. The molecule has 0 fully saturated rings. The highest BCUT2D eigenvalue weighted by atomic mass is 35.5. The molecule has 0 unspecified atom stereocenters. The van der Waals surface area contributed by atoms with Crippen LogP contribution in [-0.2, 0) is 4.84 Å². The third kappa shape index (κ3) is 1.81. The first-order chi connectivity index (χ1) is 5.79. The topological polar surface area (TPSA) is 30.5 Å². The molecule has 1 N–H and O–H groups in total. The van der Waals surface area contributed by atoms with E-state index in [0.29, 0.717) is 16.5 Å². The smallest absolute Gasteiger partial charge is 0.139 e. The van der Waals surface area contributed by atoms with Gasteiger partial charge in [-0.3, -0.25) is 10.3 Å². The van der Waals surface area contributed by atoms with Crippen molar-refractivity contribution in [2.24, 2.45) is 0 Å². The molecule has 0 spiro atoms. The van der Waals surface area contributed by atoms with E-state index in [4.69, 9.17) is 21.2 Å². The molecular formula is C8H10ClNO2. The Kier molecular flexibility index (Phi) is 3.19. The van der Waals surface area contributed by atoms with Gasteiger partial charge in [0.05, 0.1) is 19.9 Å². The van der Waals surface area contributed by atoms with Crippen LogP contribution < -0.4 is 10.2 Å². The summed E-state index contributed by atoms with van der Waals surface area (Å²) < 4.78 is 5.00. The van der Waals surface area contributed by atoms with Gasteiger partial charge in [-0.1, -0.05) is 17.7 Å². The minimum atomic E-state index is 0.516. The Morgan fingerprint density at radius 2 is 2.08 bits per heavy atom. The maximum Gasteiger partial charge on any atom is 0.139 e. The first-order valence-electron chi connectivity index (χ1n) is 3.41. The number of rotatable bonds is 3. The highest BCUT2D eigenvalue weighted by Crippen LogP contribution is 2.31. The highest BCUT2D eigenvalue weighted by Gasteiger charge is 2.04. The normalized spacial score (nSPS) is 9.58. The molecule has 0 saturated carbocycles. The van der Waals surface area contributed by atoms with E-state index in [1.165, 1.54) is 7.11 Å². The summed E-state index contributed by atoms with van der Waals surface area (Å²) in [6.07, 6.45) is 0. The number of anilines is 1. The largest absolute Gasteiger partial charge is 0.495 e. The predicted octanol–water partition coefficient (Wildman–Crippen LogP) is 2.32. The van der Waals surface area contributed by atoms with Gasteiger partial charge in [0, 0.05) is 0 Å². The van der Waals surface area contributed by atoms with Crippen molar-refractivity contribution < 1.29 is 9.57 Å². The number of hydrogen-bond donors (Lipinski definition) is 1. The fourth-order valence-electron chi connectivity index (χ4n) is 0.857. The van der Waals surface area contributed by atoms with Gasteiger partial charge in [0.1, 0.15) is 10.8 Å². The Hall–Kier alpha value is -0.930. The highest BCUT2D eigenvalue weighted by molar-refractivity contribution is 6.34. The zero-order valence-electron chi connectivity index (χ0n) is 6.93. The number of benzene rings is 1. The van der Waals surface area contributed by atoms with Crippen LogP contribution in [0.4, 0.5) is 5.69 Å². The van der Waals surface area contributed by atoms with Gasteiger partial charge in [-0.05, 0) is 12.1 Å². The Balaban J connectivity index is 2.97. The lowest BCUT2D eigenvalue weighted by Crippen LogP contribution is -1.96. The van der Waals surface area contributed by atoms with Crippen molar-refractivity contribution in [2.75, 3.05) is 19.7 Å². The van der Waals surface area contributed by atoms with Crippen molar-refractivity contribution in [3.8, 4) is 5.75 Å². The van der Waals surface area contributed by atoms with Crippen LogP contribution in [0.3, 0.4) is 0 Å². The van der Waals surface area contributed by atoms with Crippen LogP contribution >= 0.6 is 11.6 Å². The van der Waals surface area contributed by atoms with Crippen LogP contribution in [0.1, 0.15) is 0 Å². The van der Waals surface area contributed by atoms with Crippen molar-refractivity contribution >= 4 is 17.3 Å². The van der Waals surface area contributed by atoms with Gasteiger partial charge in [-0.15, -0.1) is 0 Å². The first-order valence-corrected chi connectivity index (χ1v) is 3.79. The Bertz CT molecular complexity index is 265. The van der Waals surface area contributed by atoms with E-state index in [1.54, 1.807) is 19.2 Å². The maximum absolute atomic E-state index is 5.92. The molecule has 66 valence electrons. The van der Waals surface area contributed by atoms with Crippen LogP contribution in [0, 0.1) is 0 Å². The molecule has 0 bridgehead atoms. The molecule has 1 rings (SSSR count). The number of nitrogens with one attached hydrogen (secondary N) is 1. The van der Waals surface area contributed by atoms with Crippen LogP contribution in [0.5, 0.6) is 5.75 Å². The molecule has 0 radical (unpaired) electrons. The quantitative estimate of drug-likeness (QED) is 0.737. The standard InChI is InChI=1S/C8H10ClNO2/c1-11-7-5-3-4-6(8(7)9)10-12-2/h3-5,10H,1-2H3. The molecule has 3 nitrogen and oxygen atoms in total. The molecule has 4 heteroatoms. The second kappa shape index (κ2) is 4.18. The Morgan fingerprint density at radius 3 is 2.67 bits per heavy atom. The summed E-state index contributed by atoms with van der Waals surface area (Å²) in [4.78, 5) is 4.72. The second-order valence-electron chi connectivity index (χ2n) is 2.13. The monoisotopic (exact) mass is 187 g/mol. The van der Waals surface area contributed by atoms with Crippen molar-refractivity contribution in [3.05, 3.63) is 23.2 Å². The van der Waals surface area contributed by atoms with E-state index < -0.39 is 0 Å². The second-order valence-corrected chi connectivity index (χ2v) is 2.51. The van der Waals surface area contributed by atoms with Gasteiger partial charge < -0.3 is 4.74 Å². The minimum absolute atomic E-state index is 0.516. The lowest BCUT2D eigenvalue weighted by atomic mass is 10.3. The maximum atomic E-state index is 5.92. The average Bonchev–Trinajstić information content (AvgIpc) is 2.09. The molecule has 0 aliphatic carbocycles. The number of methoxy groups -OCH3 is 1. The van der Waals surface area contributed by atoms with E-state index >= 15 is 0 Å². The van der Waals surface area contributed by atoms with E-state index in [9.17, 15) is 0 Å². The van der Waals surface area contributed by atoms with Gasteiger partial charge in [-0.2, -0.15) is 0 Å². The summed E-state index contributed by atoms with van der Waals surface area (Å²) in [6, 6.07) is 5.41. The van der Waals surface area contributed by atoms with Crippen molar-refractivity contribution in [2.45, 2.75) is 0 Å². The third-order valence-corrected chi connectivity index (χ3v) is 1.79. The summed E-state index contributed by atoms with van der Waals surface area (Å²) in [5, 5.41) is 0.516. The van der Waals surface area contributed by atoms with Gasteiger partial charge in [0.25, 0.3) is 0 Å². The first kappa shape index (κ1) is 9.16. The lowest BCUT2D eigenvalue weighted by molar-refractivity contribution is 0.271. The Labute approximate surface area is 76.2 Å². The van der Waals surface area contributed by atoms with Crippen LogP contribution in [0.25, 0.3) is 0 Å². The fraction of sp³-hybridized carbons (Fsp3) is 0.250. The molecule has 0 saturated heterocycles. The van der Waals surface area contributed by atoms with Gasteiger partial charge >= 0.3 is 0 Å². The number of halogens is 1. The van der Waals surface area contributed by atoms with E-state index in [0.717, 1.165) is 0 Å². The summed E-state index contributed by atoms with van der Waals surface area (Å²) in [6.45, 7) is 0. The van der Waals surface area contributed by atoms with Crippen molar-refractivity contribution in [1.82, 2.24) is 0 Å². The summed E-state index contributed by atoms with van der Waals surface area (Å²) in [7, 11) is 3.09. The fourth-order valence-corrected chi connectivity index (χ4v) is 1.10. The molecule has 1 aromatic rings. The van der Waals surface area contributed by atoms with Gasteiger partial charge in [0.2, 0.25) is 0 Å². The van der Waals surface area contributed by atoms with Crippen LogP contribution in [0.2, 0.25) is 5.02 Å².